The first kappa shape index (κ1) is 18.3. The molecule has 0 saturated heterocycles. The molecule has 0 aliphatic rings. The Morgan fingerprint density at radius 3 is 2.41 bits per heavy atom. The van der Waals surface area contributed by atoms with E-state index in [0.29, 0.717) is 18.0 Å². The van der Waals surface area contributed by atoms with Crippen LogP contribution in [0.15, 0.2) is 77.4 Å². The molecule has 2 aromatic carbocycles. The molecule has 3 rings (SSSR count). The van der Waals surface area contributed by atoms with Gasteiger partial charge in [-0.25, -0.2) is 4.79 Å². The third-order valence-corrected chi connectivity index (χ3v) is 3.75. The number of anilines is 1. The standard InChI is InChI=1S/C21H19NO5/c1-15(27-21(24)19-8-5-13-25-19)20(23)22-17-9-11-18(12-10-17)26-14-16-6-3-2-4-7-16/h2-13,15H,14H2,1H3,(H,22,23)/t15-/m1/s1. The van der Waals surface area contributed by atoms with Crippen LogP contribution in [0.1, 0.15) is 23.0 Å². The van der Waals surface area contributed by atoms with Crippen molar-refractivity contribution in [1.29, 1.82) is 0 Å². The van der Waals surface area contributed by atoms with Gasteiger partial charge >= 0.3 is 5.97 Å². The maximum absolute atomic E-state index is 12.2. The molecule has 1 amide bonds. The van der Waals surface area contributed by atoms with Crippen LogP contribution in [0.3, 0.4) is 0 Å². The molecule has 27 heavy (non-hydrogen) atoms. The third-order valence-electron chi connectivity index (χ3n) is 3.75. The van der Waals surface area contributed by atoms with Crippen molar-refractivity contribution in [2.75, 3.05) is 5.32 Å². The largest absolute Gasteiger partial charge is 0.489 e. The van der Waals surface area contributed by atoms with Crippen molar-refractivity contribution in [2.24, 2.45) is 0 Å². The Bertz CT molecular complexity index is 873. The highest BCUT2D eigenvalue weighted by Crippen LogP contribution is 2.17. The smallest absolute Gasteiger partial charge is 0.374 e. The molecule has 0 radical (unpaired) electrons. The van der Waals surface area contributed by atoms with Gasteiger partial charge in [-0.2, -0.15) is 0 Å². The van der Waals surface area contributed by atoms with E-state index in [4.69, 9.17) is 13.9 Å². The number of amides is 1. The van der Waals surface area contributed by atoms with Crippen LogP contribution in [0.2, 0.25) is 0 Å². The zero-order valence-electron chi connectivity index (χ0n) is 14.8. The molecule has 1 aromatic heterocycles. The van der Waals surface area contributed by atoms with Gasteiger partial charge < -0.3 is 19.2 Å². The number of carbonyl (C=O) groups excluding carboxylic acids is 2. The summed E-state index contributed by atoms with van der Waals surface area (Å²) in [4.78, 5) is 24.0. The van der Waals surface area contributed by atoms with E-state index in [-0.39, 0.29) is 5.76 Å². The van der Waals surface area contributed by atoms with Crippen LogP contribution >= 0.6 is 0 Å². The fraction of sp³-hybridized carbons (Fsp3) is 0.143. The summed E-state index contributed by atoms with van der Waals surface area (Å²) >= 11 is 0. The maximum atomic E-state index is 12.2. The second-order valence-corrected chi connectivity index (χ2v) is 5.81. The number of furan rings is 1. The van der Waals surface area contributed by atoms with E-state index in [1.165, 1.54) is 19.3 Å². The molecule has 3 aromatic rings. The van der Waals surface area contributed by atoms with Crippen molar-refractivity contribution >= 4 is 17.6 Å². The van der Waals surface area contributed by atoms with Gasteiger partial charge in [-0.1, -0.05) is 30.3 Å². The monoisotopic (exact) mass is 365 g/mol. The van der Waals surface area contributed by atoms with Gasteiger partial charge in [0.2, 0.25) is 5.76 Å². The molecule has 0 aliphatic heterocycles. The maximum Gasteiger partial charge on any atom is 0.374 e. The first-order chi connectivity index (χ1) is 13.1. The first-order valence-corrected chi connectivity index (χ1v) is 8.44. The number of benzene rings is 2. The van der Waals surface area contributed by atoms with Crippen LogP contribution < -0.4 is 10.1 Å². The summed E-state index contributed by atoms with van der Waals surface area (Å²) in [5.41, 5.74) is 1.65. The summed E-state index contributed by atoms with van der Waals surface area (Å²) in [5.74, 6) is -0.385. The number of hydrogen-bond donors (Lipinski definition) is 1. The molecule has 1 N–H and O–H groups in total. The van der Waals surface area contributed by atoms with Crippen LogP contribution in [0.4, 0.5) is 5.69 Å². The normalized spacial score (nSPS) is 11.4. The molecule has 0 fully saturated rings. The van der Waals surface area contributed by atoms with E-state index >= 15 is 0 Å². The molecular formula is C21H19NO5. The lowest BCUT2D eigenvalue weighted by atomic mass is 10.2. The zero-order chi connectivity index (χ0) is 19.1. The van der Waals surface area contributed by atoms with Crippen molar-refractivity contribution in [3.8, 4) is 5.75 Å². The van der Waals surface area contributed by atoms with Crippen LogP contribution in [0.5, 0.6) is 5.75 Å². The number of rotatable bonds is 7. The zero-order valence-corrected chi connectivity index (χ0v) is 14.8. The van der Waals surface area contributed by atoms with Crippen molar-refractivity contribution in [3.05, 3.63) is 84.3 Å². The lowest BCUT2D eigenvalue weighted by Gasteiger charge is -2.13. The Morgan fingerprint density at radius 1 is 1.00 bits per heavy atom. The molecule has 0 bridgehead atoms. The number of carbonyl (C=O) groups is 2. The fourth-order valence-corrected chi connectivity index (χ4v) is 2.29. The van der Waals surface area contributed by atoms with Gasteiger partial charge in [-0.3, -0.25) is 4.79 Å². The Hall–Kier alpha value is -3.54. The molecule has 1 atom stereocenters. The minimum absolute atomic E-state index is 0.0505. The molecule has 6 heteroatoms. The number of nitrogens with one attached hydrogen (secondary N) is 1. The summed E-state index contributed by atoms with van der Waals surface area (Å²) in [5, 5.41) is 2.69. The Labute approximate surface area is 156 Å². The number of hydrogen-bond acceptors (Lipinski definition) is 5. The summed E-state index contributed by atoms with van der Waals surface area (Å²) < 4.78 is 15.7. The van der Waals surface area contributed by atoms with Crippen molar-refractivity contribution in [2.45, 2.75) is 19.6 Å². The van der Waals surface area contributed by atoms with Crippen LogP contribution in [-0.2, 0) is 16.1 Å². The number of ether oxygens (including phenoxy) is 2. The lowest BCUT2D eigenvalue weighted by Crippen LogP contribution is -2.29. The van der Waals surface area contributed by atoms with Gasteiger partial charge in [0, 0.05) is 5.69 Å². The summed E-state index contributed by atoms with van der Waals surface area (Å²) in [6.45, 7) is 1.96. The summed E-state index contributed by atoms with van der Waals surface area (Å²) in [7, 11) is 0. The average molecular weight is 365 g/mol. The average Bonchev–Trinajstić information content (AvgIpc) is 3.23. The van der Waals surface area contributed by atoms with E-state index in [2.05, 4.69) is 5.32 Å². The minimum Gasteiger partial charge on any atom is -0.489 e. The highest BCUT2D eigenvalue weighted by atomic mass is 16.6. The molecule has 1 heterocycles. The van der Waals surface area contributed by atoms with Crippen LogP contribution in [-0.4, -0.2) is 18.0 Å². The van der Waals surface area contributed by atoms with Gasteiger partial charge in [0.25, 0.3) is 5.91 Å². The molecular weight excluding hydrogens is 346 g/mol. The van der Waals surface area contributed by atoms with E-state index in [1.807, 2.05) is 30.3 Å². The molecule has 0 saturated carbocycles. The van der Waals surface area contributed by atoms with E-state index in [1.54, 1.807) is 30.3 Å². The van der Waals surface area contributed by atoms with Gasteiger partial charge in [0.15, 0.2) is 6.10 Å². The van der Waals surface area contributed by atoms with E-state index < -0.39 is 18.0 Å². The Balaban J connectivity index is 1.49. The summed E-state index contributed by atoms with van der Waals surface area (Å²) in [6, 6.07) is 19.8. The van der Waals surface area contributed by atoms with Crippen molar-refractivity contribution in [3.63, 3.8) is 0 Å². The van der Waals surface area contributed by atoms with Gasteiger partial charge in [-0.05, 0) is 48.9 Å². The van der Waals surface area contributed by atoms with Gasteiger partial charge in [-0.15, -0.1) is 0 Å². The minimum atomic E-state index is -0.961. The SMILES string of the molecule is C[C@@H](OC(=O)c1ccco1)C(=O)Nc1ccc(OCc2ccccc2)cc1. The summed E-state index contributed by atoms with van der Waals surface area (Å²) in [6.07, 6.45) is 0.402. The second kappa shape index (κ2) is 8.71. The Kier molecular flexibility index (Phi) is 5.89. The van der Waals surface area contributed by atoms with Crippen LogP contribution in [0.25, 0.3) is 0 Å². The predicted octanol–water partition coefficient (Wildman–Crippen LogP) is 4.04. The van der Waals surface area contributed by atoms with E-state index in [9.17, 15) is 9.59 Å². The second-order valence-electron chi connectivity index (χ2n) is 5.81. The molecule has 0 unspecified atom stereocenters. The van der Waals surface area contributed by atoms with Gasteiger partial charge in [0.05, 0.1) is 6.26 Å². The highest BCUT2D eigenvalue weighted by molar-refractivity contribution is 5.96. The quantitative estimate of drug-likeness (QED) is 0.639. The topological polar surface area (TPSA) is 77.8 Å². The van der Waals surface area contributed by atoms with Crippen LogP contribution in [0, 0.1) is 0 Å². The Morgan fingerprint density at radius 2 is 1.74 bits per heavy atom. The van der Waals surface area contributed by atoms with Gasteiger partial charge in [0.1, 0.15) is 12.4 Å². The molecule has 138 valence electrons. The third kappa shape index (κ3) is 5.22. The van der Waals surface area contributed by atoms with E-state index in [0.717, 1.165) is 5.56 Å². The number of esters is 1. The molecule has 0 aliphatic carbocycles. The molecule has 6 nitrogen and oxygen atoms in total. The molecule has 0 spiro atoms. The fourth-order valence-electron chi connectivity index (χ4n) is 2.29. The van der Waals surface area contributed by atoms with Crippen molar-refractivity contribution < 1.29 is 23.5 Å². The van der Waals surface area contributed by atoms with Crippen molar-refractivity contribution in [1.82, 2.24) is 0 Å². The lowest BCUT2D eigenvalue weighted by molar-refractivity contribution is -0.123. The highest BCUT2D eigenvalue weighted by Gasteiger charge is 2.20. The predicted molar refractivity (Wildman–Crippen MR) is 99.4 cm³/mol. The first-order valence-electron chi connectivity index (χ1n) is 8.44.